The highest BCUT2D eigenvalue weighted by Gasteiger charge is 2.28. The molecule has 0 aromatic carbocycles. The zero-order chi connectivity index (χ0) is 13.7. The Balaban J connectivity index is 1.82. The molecule has 2 fully saturated rings. The van der Waals surface area contributed by atoms with E-state index in [9.17, 15) is 8.42 Å². The van der Waals surface area contributed by atoms with Gasteiger partial charge in [-0.25, -0.2) is 12.7 Å². The maximum atomic E-state index is 12.4. The molecule has 0 radical (unpaired) electrons. The molecule has 2 rings (SSSR count). The topological polar surface area (TPSA) is 49.4 Å². The fourth-order valence-corrected chi connectivity index (χ4v) is 4.81. The van der Waals surface area contributed by atoms with Gasteiger partial charge < -0.3 is 5.32 Å². The van der Waals surface area contributed by atoms with Gasteiger partial charge in [-0.2, -0.15) is 0 Å². The van der Waals surface area contributed by atoms with Crippen molar-refractivity contribution < 1.29 is 8.42 Å². The van der Waals surface area contributed by atoms with Crippen molar-refractivity contribution in [3.8, 4) is 0 Å². The second kappa shape index (κ2) is 7.04. The average molecular weight is 288 g/mol. The average Bonchev–Trinajstić information content (AvgIpc) is 2.46. The van der Waals surface area contributed by atoms with E-state index < -0.39 is 10.0 Å². The van der Waals surface area contributed by atoms with E-state index in [1.54, 1.807) is 11.4 Å². The van der Waals surface area contributed by atoms with Crippen molar-refractivity contribution in [1.82, 2.24) is 9.62 Å². The number of nitrogens with zero attached hydrogens (tertiary/aromatic N) is 1. The zero-order valence-electron chi connectivity index (χ0n) is 12.1. The van der Waals surface area contributed by atoms with Gasteiger partial charge in [-0.05, 0) is 38.6 Å². The van der Waals surface area contributed by atoms with Crippen LogP contribution < -0.4 is 5.32 Å². The third-order valence-electron chi connectivity index (χ3n) is 4.66. The van der Waals surface area contributed by atoms with E-state index >= 15 is 0 Å². The lowest BCUT2D eigenvalue weighted by Gasteiger charge is -2.31. The molecule has 0 spiro atoms. The summed E-state index contributed by atoms with van der Waals surface area (Å²) in [7, 11) is -1.29. The molecule has 1 atom stereocenters. The molecule has 0 amide bonds. The summed E-state index contributed by atoms with van der Waals surface area (Å²) in [5.41, 5.74) is 0. The van der Waals surface area contributed by atoms with Crippen LogP contribution in [0.1, 0.15) is 57.8 Å². The monoisotopic (exact) mass is 288 g/mol. The fraction of sp³-hybridized carbons (Fsp3) is 1.00. The lowest BCUT2D eigenvalue weighted by atomic mass is 9.96. The van der Waals surface area contributed by atoms with Crippen LogP contribution in [0, 0.1) is 0 Å². The van der Waals surface area contributed by atoms with Crippen LogP contribution in [0.5, 0.6) is 0 Å². The lowest BCUT2D eigenvalue weighted by molar-refractivity contribution is 0.284. The number of piperidine rings is 1. The van der Waals surface area contributed by atoms with Crippen LogP contribution in [-0.4, -0.2) is 44.2 Å². The van der Waals surface area contributed by atoms with Gasteiger partial charge in [-0.15, -0.1) is 0 Å². The fourth-order valence-electron chi connectivity index (χ4n) is 3.28. The molecule has 1 aliphatic carbocycles. The minimum Gasteiger partial charge on any atom is -0.314 e. The van der Waals surface area contributed by atoms with E-state index in [2.05, 4.69) is 5.32 Å². The molecule has 1 aliphatic heterocycles. The van der Waals surface area contributed by atoms with Gasteiger partial charge in [-0.1, -0.05) is 25.7 Å². The van der Waals surface area contributed by atoms with Gasteiger partial charge in [0.15, 0.2) is 0 Å². The summed E-state index contributed by atoms with van der Waals surface area (Å²) in [5, 5.41) is 3.43. The summed E-state index contributed by atoms with van der Waals surface area (Å²) in [6.07, 6.45) is 10.0. The van der Waals surface area contributed by atoms with Crippen LogP contribution in [0.4, 0.5) is 0 Å². The highest BCUT2D eigenvalue weighted by molar-refractivity contribution is 7.89. The smallest absolute Gasteiger partial charge is 0.214 e. The highest BCUT2D eigenvalue weighted by atomic mass is 32.2. The minimum absolute atomic E-state index is 0.248. The van der Waals surface area contributed by atoms with Gasteiger partial charge in [-0.3, -0.25) is 0 Å². The molecule has 0 aromatic rings. The predicted molar refractivity (Wildman–Crippen MR) is 78.7 cm³/mol. The van der Waals surface area contributed by atoms with E-state index in [1.165, 1.54) is 32.1 Å². The number of hydrogen-bond acceptors (Lipinski definition) is 3. The maximum Gasteiger partial charge on any atom is 0.214 e. The lowest BCUT2D eigenvalue weighted by Crippen LogP contribution is -2.41. The summed E-state index contributed by atoms with van der Waals surface area (Å²) in [4.78, 5) is 0. The first-order chi connectivity index (χ1) is 9.09. The first-order valence-corrected chi connectivity index (χ1v) is 9.39. The Morgan fingerprint density at radius 3 is 2.37 bits per heavy atom. The molecule has 0 aromatic heterocycles. The Morgan fingerprint density at radius 2 is 1.74 bits per heavy atom. The molecule has 4 nitrogen and oxygen atoms in total. The predicted octanol–water partition coefficient (Wildman–Crippen LogP) is 2.11. The Bertz CT molecular complexity index is 358. The number of rotatable bonds is 5. The van der Waals surface area contributed by atoms with E-state index in [4.69, 9.17) is 0 Å². The molecule has 1 heterocycles. The zero-order valence-corrected chi connectivity index (χ0v) is 12.9. The third-order valence-corrected chi connectivity index (χ3v) is 6.59. The third kappa shape index (κ3) is 4.43. The van der Waals surface area contributed by atoms with Crippen LogP contribution >= 0.6 is 0 Å². The normalized spacial score (nSPS) is 26.7. The molecule has 2 aliphatic rings. The van der Waals surface area contributed by atoms with Crippen LogP contribution in [0.3, 0.4) is 0 Å². The van der Waals surface area contributed by atoms with Gasteiger partial charge in [0.05, 0.1) is 5.75 Å². The van der Waals surface area contributed by atoms with E-state index in [-0.39, 0.29) is 6.04 Å². The van der Waals surface area contributed by atoms with Crippen molar-refractivity contribution in [2.75, 3.05) is 19.3 Å². The van der Waals surface area contributed by atoms with Gasteiger partial charge >= 0.3 is 0 Å². The van der Waals surface area contributed by atoms with Crippen molar-refractivity contribution in [2.24, 2.45) is 0 Å². The molecule has 1 unspecified atom stereocenters. The summed E-state index contributed by atoms with van der Waals surface area (Å²) >= 11 is 0. The Hall–Kier alpha value is -0.130. The molecule has 1 saturated heterocycles. The minimum atomic E-state index is -3.07. The Labute approximate surface area is 118 Å². The largest absolute Gasteiger partial charge is 0.314 e. The summed E-state index contributed by atoms with van der Waals surface area (Å²) < 4.78 is 26.4. The van der Waals surface area contributed by atoms with Crippen LogP contribution in [-0.2, 0) is 10.0 Å². The van der Waals surface area contributed by atoms with Crippen molar-refractivity contribution >= 4 is 10.0 Å². The number of nitrogens with one attached hydrogen (secondary N) is 1. The Kier molecular flexibility index (Phi) is 5.66. The van der Waals surface area contributed by atoms with Crippen LogP contribution in [0.15, 0.2) is 0 Å². The van der Waals surface area contributed by atoms with Crippen LogP contribution in [0.25, 0.3) is 0 Å². The molecule has 1 saturated carbocycles. The van der Waals surface area contributed by atoms with Gasteiger partial charge in [0.2, 0.25) is 10.0 Å². The molecular weight excluding hydrogens is 260 g/mol. The first-order valence-electron chi connectivity index (χ1n) is 7.79. The van der Waals surface area contributed by atoms with Gasteiger partial charge in [0.1, 0.15) is 0 Å². The van der Waals surface area contributed by atoms with Crippen molar-refractivity contribution in [1.29, 1.82) is 0 Å². The van der Waals surface area contributed by atoms with E-state index in [1.807, 2.05) is 0 Å². The van der Waals surface area contributed by atoms with Crippen molar-refractivity contribution in [3.63, 3.8) is 0 Å². The summed E-state index contributed by atoms with van der Waals surface area (Å²) in [5.74, 6) is 0.303. The first kappa shape index (κ1) is 15.3. The molecular formula is C14H28N2O2S. The Morgan fingerprint density at radius 1 is 1.05 bits per heavy atom. The second-order valence-electron chi connectivity index (χ2n) is 6.06. The number of hydrogen-bond donors (Lipinski definition) is 1. The maximum absolute atomic E-state index is 12.4. The van der Waals surface area contributed by atoms with Crippen molar-refractivity contribution in [3.05, 3.63) is 0 Å². The molecule has 0 bridgehead atoms. The van der Waals surface area contributed by atoms with E-state index in [0.717, 1.165) is 32.2 Å². The standard InChI is InChI=1S/C14H28N2O2S/c1-16(14-8-3-2-4-9-14)19(17,18)12-10-13-7-5-6-11-15-13/h13-15H,2-12H2,1H3. The quantitative estimate of drug-likeness (QED) is 0.843. The molecule has 112 valence electrons. The molecule has 5 heteroatoms. The van der Waals surface area contributed by atoms with Gasteiger partial charge in [0, 0.05) is 19.1 Å². The SMILES string of the molecule is CN(C1CCCCC1)S(=O)(=O)CCC1CCCCN1. The number of sulfonamides is 1. The molecule has 19 heavy (non-hydrogen) atoms. The second-order valence-corrected chi connectivity index (χ2v) is 8.21. The van der Waals surface area contributed by atoms with E-state index in [0.29, 0.717) is 11.8 Å². The van der Waals surface area contributed by atoms with Crippen molar-refractivity contribution in [2.45, 2.75) is 69.9 Å². The van der Waals surface area contributed by atoms with Crippen LogP contribution in [0.2, 0.25) is 0 Å². The van der Waals surface area contributed by atoms with Gasteiger partial charge in [0.25, 0.3) is 0 Å². The molecule has 1 N–H and O–H groups in total. The highest BCUT2D eigenvalue weighted by Crippen LogP contribution is 2.24. The summed E-state index contributed by atoms with van der Waals surface area (Å²) in [6, 6.07) is 0.654. The summed E-state index contributed by atoms with van der Waals surface area (Å²) in [6.45, 7) is 1.04.